The Bertz CT molecular complexity index is 506. The summed E-state index contributed by atoms with van der Waals surface area (Å²) in [5.74, 6) is 0.413. The van der Waals surface area contributed by atoms with Crippen LogP contribution in [-0.4, -0.2) is 10.2 Å². The Kier molecular flexibility index (Phi) is 2.26. The molecule has 3 heteroatoms. The summed E-state index contributed by atoms with van der Waals surface area (Å²) in [5.41, 5.74) is 1.10. The number of aromatic hydroxyl groups is 2. The average Bonchev–Trinajstić information content (AvgIpc) is 2.14. The van der Waals surface area contributed by atoms with Gasteiger partial charge in [-0.15, -0.1) is 0 Å². The van der Waals surface area contributed by atoms with E-state index in [9.17, 15) is 10.2 Å². The zero-order valence-electron chi connectivity index (χ0n) is 7.58. The number of hydrogen-bond donors (Lipinski definition) is 2. The van der Waals surface area contributed by atoms with Crippen LogP contribution >= 0.6 is 22.6 Å². The monoisotopic (exact) mass is 300 g/mol. The van der Waals surface area contributed by atoms with Gasteiger partial charge in [-0.1, -0.05) is 6.07 Å². The molecule has 0 heterocycles. The molecule has 14 heavy (non-hydrogen) atoms. The molecular formula is C11H9IO2. The molecule has 2 aromatic carbocycles. The molecule has 72 valence electrons. The number of fused-ring (bicyclic) bond motifs is 1. The summed E-state index contributed by atoms with van der Waals surface area (Å²) in [6, 6.07) is 6.95. The van der Waals surface area contributed by atoms with Gasteiger partial charge in [0, 0.05) is 5.39 Å². The van der Waals surface area contributed by atoms with Crippen molar-refractivity contribution in [2.75, 3.05) is 0 Å². The first-order valence-corrected chi connectivity index (χ1v) is 5.28. The maximum Gasteiger partial charge on any atom is 0.136 e. The van der Waals surface area contributed by atoms with Gasteiger partial charge >= 0.3 is 0 Å². The van der Waals surface area contributed by atoms with E-state index in [2.05, 4.69) is 22.6 Å². The molecular weight excluding hydrogens is 291 g/mol. The molecule has 2 rings (SSSR count). The summed E-state index contributed by atoms with van der Waals surface area (Å²) in [6.07, 6.45) is 0. The van der Waals surface area contributed by atoms with Crippen LogP contribution in [0.5, 0.6) is 11.5 Å². The zero-order chi connectivity index (χ0) is 10.3. The number of aryl methyl sites for hydroxylation is 1. The number of benzene rings is 2. The predicted molar refractivity (Wildman–Crippen MR) is 64.7 cm³/mol. The molecule has 0 fully saturated rings. The van der Waals surface area contributed by atoms with Crippen LogP contribution in [0, 0.1) is 10.5 Å². The lowest BCUT2D eigenvalue weighted by atomic mass is 10.0. The molecule has 0 radical (unpaired) electrons. The minimum absolute atomic E-state index is 0.175. The molecule has 0 unspecified atom stereocenters. The molecule has 0 spiro atoms. The Morgan fingerprint density at radius 2 is 1.79 bits per heavy atom. The fourth-order valence-electron chi connectivity index (χ4n) is 1.54. The van der Waals surface area contributed by atoms with Gasteiger partial charge in [-0.3, -0.25) is 0 Å². The van der Waals surface area contributed by atoms with Gasteiger partial charge in [0.25, 0.3) is 0 Å². The van der Waals surface area contributed by atoms with Crippen LogP contribution in [0.4, 0.5) is 0 Å². The zero-order valence-corrected chi connectivity index (χ0v) is 9.74. The lowest BCUT2D eigenvalue weighted by molar-refractivity contribution is 0.470. The van der Waals surface area contributed by atoms with Crippen molar-refractivity contribution in [3.05, 3.63) is 33.4 Å². The van der Waals surface area contributed by atoms with Gasteiger partial charge in [0.2, 0.25) is 0 Å². The maximum absolute atomic E-state index is 9.79. The highest BCUT2D eigenvalue weighted by atomic mass is 127. The number of halogens is 1. The summed E-state index contributed by atoms with van der Waals surface area (Å²) in [5, 5.41) is 20.8. The summed E-state index contributed by atoms with van der Waals surface area (Å²) in [6.45, 7) is 1.99. The second-order valence-electron chi connectivity index (χ2n) is 3.25. The van der Waals surface area contributed by atoms with E-state index in [0.29, 0.717) is 5.39 Å². The average molecular weight is 300 g/mol. The normalized spacial score (nSPS) is 10.7. The van der Waals surface area contributed by atoms with Gasteiger partial charge in [-0.2, -0.15) is 0 Å². The van der Waals surface area contributed by atoms with E-state index in [-0.39, 0.29) is 11.5 Å². The molecule has 0 atom stereocenters. The van der Waals surface area contributed by atoms with Gasteiger partial charge in [0.15, 0.2) is 0 Å². The molecule has 0 aliphatic carbocycles. The standard InChI is InChI=1S/C11H9IO2/c1-6-4-10(12)11(14)9-5-7(13)2-3-8(6)9/h2-5,13-14H,1H3. The third kappa shape index (κ3) is 1.41. The lowest BCUT2D eigenvalue weighted by Crippen LogP contribution is -1.83. The first kappa shape index (κ1) is 9.58. The topological polar surface area (TPSA) is 40.5 Å². The molecule has 2 nitrogen and oxygen atoms in total. The van der Waals surface area contributed by atoms with Crippen LogP contribution in [0.2, 0.25) is 0 Å². The van der Waals surface area contributed by atoms with Crippen LogP contribution in [-0.2, 0) is 0 Å². The summed E-state index contributed by atoms with van der Waals surface area (Å²) < 4.78 is 0.804. The first-order chi connectivity index (χ1) is 6.59. The van der Waals surface area contributed by atoms with Crippen LogP contribution in [0.3, 0.4) is 0 Å². The summed E-state index contributed by atoms with van der Waals surface area (Å²) in [4.78, 5) is 0. The van der Waals surface area contributed by atoms with Gasteiger partial charge in [0.05, 0.1) is 3.57 Å². The Morgan fingerprint density at radius 3 is 2.50 bits per heavy atom. The van der Waals surface area contributed by atoms with E-state index in [4.69, 9.17) is 0 Å². The van der Waals surface area contributed by atoms with E-state index in [1.807, 2.05) is 19.1 Å². The molecule has 0 saturated heterocycles. The molecule has 2 N–H and O–H groups in total. The van der Waals surface area contributed by atoms with E-state index in [1.165, 1.54) is 0 Å². The van der Waals surface area contributed by atoms with Crippen LogP contribution < -0.4 is 0 Å². The fraction of sp³-hybridized carbons (Fsp3) is 0.0909. The SMILES string of the molecule is Cc1cc(I)c(O)c2cc(O)ccc12. The Morgan fingerprint density at radius 1 is 1.07 bits per heavy atom. The van der Waals surface area contributed by atoms with E-state index >= 15 is 0 Å². The van der Waals surface area contributed by atoms with E-state index in [0.717, 1.165) is 14.5 Å². The maximum atomic E-state index is 9.79. The highest BCUT2D eigenvalue weighted by Crippen LogP contribution is 2.34. The van der Waals surface area contributed by atoms with Gasteiger partial charge in [-0.25, -0.2) is 0 Å². The third-order valence-corrected chi connectivity index (χ3v) is 3.07. The number of phenols is 2. The Labute approximate surface area is 95.3 Å². The van der Waals surface area contributed by atoms with Crippen molar-refractivity contribution in [2.45, 2.75) is 6.92 Å². The third-order valence-electron chi connectivity index (χ3n) is 2.25. The van der Waals surface area contributed by atoms with Crippen molar-refractivity contribution < 1.29 is 10.2 Å². The van der Waals surface area contributed by atoms with Crippen LogP contribution in [0.25, 0.3) is 10.8 Å². The smallest absolute Gasteiger partial charge is 0.136 e. The lowest BCUT2D eigenvalue weighted by Gasteiger charge is -2.07. The van der Waals surface area contributed by atoms with E-state index in [1.54, 1.807) is 12.1 Å². The summed E-state index contributed by atoms with van der Waals surface area (Å²) in [7, 11) is 0. The first-order valence-electron chi connectivity index (χ1n) is 4.20. The van der Waals surface area contributed by atoms with Crippen molar-refractivity contribution in [2.24, 2.45) is 0 Å². The van der Waals surface area contributed by atoms with Crippen molar-refractivity contribution in [3.8, 4) is 11.5 Å². The number of hydrogen-bond acceptors (Lipinski definition) is 2. The van der Waals surface area contributed by atoms with Crippen molar-refractivity contribution in [1.82, 2.24) is 0 Å². The highest BCUT2D eigenvalue weighted by molar-refractivity contribution is 14.1. The molecule has 2 aromatic rings. The van der Waals surface area contributed by atoms with Crippen LogP contribution in [0.15, 0.2) is 24.3 Å². The second-order valence-corrected chi connectivity index (χ2v) is 4.42. The minimum Gasteiger partial charge on any atom is -0.508 e. The largest absolute Gasteiger partial charge is 0.508 e. The molecule has 0 aromatic heterocycles. The predicted octanol–water partition coefficient (Wildman–Crippen LogP) is 3.16. The van der Waals surface area contributed by atoms with Gasteiger partial charge < -0.3 is 10.2 Å². The van der Waals surface area contributed by atoms with Gasteiger partial charge in [0.1, 0.15) is 11.5 Å². The Hall–Kier alpha value is -0.970. The fourth-order valence-corrected chi connectivity index (χ4v) is 2.29. The molecule has 0 aliphatic heterocycles. The molecule has 0 aliphatic rings. The second kappa shape index (κ2) is 3.31. The molecule has 0 amide bonds. The minimum atomic E-state index is 0.175. The van der Waals surface area contributed by atoms with Crippen molar-refractivity contribution >= 4 is 33.4 Å². The van der Waals surface area contributed by atoms with Gasteiger partial charge in [-0.05, 0) is 58.7 Å². The number of rotatable bonds is 0. The molecule has 0 bridgehead atoms. The van der Waals surface area contributed by atoms with Crippen molar-refractivity contribution in [3.63, 3.8) is 0 Å². The highest BCUT2D eigenvalue weighted by Gasteiger charge is 2.07. The van der Waals surface area contributed by atoms with Crippen LogP contribution in [0.1, 0.15) is 5.56 Å². The quantitative estimate of drug-likeness (QED) is 0.734. The summed E-state index contributed by atoms with van der Waals surface area (Å²) >= 11 is 2.08. The number of phenolic OH excluding ortho intramolecular Hbond substituents is 2. The van der Waals surface area contributed by atoms with Crippen molar-refractivity contribution in [1.29, 1.82) is 0 Å². The molecule has 0 saturated carbocycles. The van der Waals surface area contributed by atoms with E-state index < -0.39 is 0 Å². The Balaban J connectivity index is 2.95.